The number of esters is 2. The fourth-order valence-corrected chi connectivity index (χ4v) is 4.96. The average molecular weight is 525 g/mol. The molecule has 1 aromatic heterocycles. The van der Waals surface area contributed by atoms with Crippen LogP contribution in [0.5, 0.6) is 5.75 Å². The third kappa shape index (κ3) is 5.69. The van der Waals surface area contributed by atoms with Crippen molar-refractivity contribution < 1.29 is 28.2 Å². The van der Waals surface area contributed by atoms with Gasteiger partial charge in [-0.25, -0.2) is 19.0 Å². The van der Waals surface area contributed by atoms with Crippen molar-refractivity contribution in [2.45, 2.75) is 26.8 Å². The average Bonchev–Trinajstić information content (AvgIpc) is 3.18. The number of benzene rings is 2. The van der Waals surface area contributed by atoms with Gasteiger partial charge in [0.1, 0.15) is 11.6 Å². The van der Waals surface area contributed by atoms with Crippen LogP contribution in [0.2, 0.25) is 0 Å². The molecule has 2 aromatic carbocycles. The van der Waals surface area contributed by atoms with Crippen molar-refractivity contribution in [3.8, 4) is 5.75 Å². The Kier molecular flexibility index (Phi) is 7.98. The quantitative estimate of drug-likeness (QED) is 0.421. The summed E-state index contributed by atoms with van der Waals surface area (Å²) >= 11 is 1.19. The number of ether oxygens (including phenoxy) is 3. The highest BCUT2D eigenvalue weighted by atomic mass is 32.1. The fraction of sp³-hybridized carbons (Fsp3) is 0.259. The van der Waals surface area contributed by atoms with Crippen LogP contribution in [0.4, 0.5) is 4.39 Å². The van der Waals surface area contributed by atoms with Gasteiger partial charge < -0.3 is 14.2 Å². The summed E-state index contributed by atoms with van der Waals surface area (Å²) in [4.78, 5) is 42.9. The predicted octanol–water partition coefficient (Wildman–Crippen LogP) is 2.88. The summed E-state index contributed by atoms with van der Waals surface area (Å²) in [5, 5.41) is 0. The lowest BCUT2D eigenvalue weighted by atomic mass is 9.96. The first-order valence-electron chi connectivity index (χ1n) is 11.7. The predicted molar refractivity (Wildman–Crippen MR) is 135 cm³/mol. The Hall–Kier alpha value is -4.05. The van der Waals surface area contributed by atoms with Gasteiger partial charge in [-0.1, -0.05) is 35.6 Å². The Morgan fingerprint density at radius 1 is 1.05 bits per heavy atom. The number of nitrogens with zero attached hydrogens (tertiary/aromatic N) is 2. The molecule has 0 fully saturated rings. The van der Waals surface area contributed by atoms with Crippen LogP contribution in [-0.4, -0.2) is 36.3 Å². The summed E-state index contributed by atoms with van der Waals surface area (Å²) < 4.78 is 31.0. The van der Waals surface area contributed by atoms with Gasteiger partial charge in [0.25, 0.3) is 5.56 Å². The van der Waals surface area contributed by atoms with E-state index in [0.717, 1.165) is 5.56 Å². The number of thiazole rings is 1. The lowest BCUT2D eigenvalue weighted by Gasteiger charge is -2.24. The molecule has 3 aromatic rings. The molecule has 0 saturated carbocycles. The van der Waals surface area contributed by atoms with Crippen molar-refractivity contribution in [3.05, 3.63) is 96.4 Å². The molecule has 37 heavy (non-hydrogen) atoms. The van der Waals surface area contributed by atoms with Gasteiger partial charge in [-0.3, -0.25) is 9.36 Å². The molecule has 0 saturated heterocycles. The second kappa shape index (κ2) is 11.3. The van der Waals surface area contributed by atoms with Crippen molar-refractivity contribution in [2.75, 3.05) is 19.8 Å². The van der Waals surface area contributed by atoms with Gasteiger partial charge in [0.05, 0.1) is 35.1 Å². The SMILES string of the molecule is CCOC(=O)COc1ccc(/C=c2\sc3n(c2=O)[C@H](c2ccc(F)cc2)C(C(=O)OCC)=C(C)N=3)cc1. The van der Waals surface area contributed by atoms with Crippen molar-refractivity contribution in [1.82, 2.24) is 4.57 Å². The number of carbonyl (C=O) groups is 2. The van der Waals surface area contributed by atoms with Gasteiger partial charge >= 0.3 is 11.9 Å². The normalized spacial score (nSPS) is 15.1. The molecular formula is C27H25FN2O6S. The van der Waals surface area contributed by atoms with Gasteiger partial charge in [0.15, 0.2) is 11.4 Å². The van der Waals surface area contributed by atoms with Crippen LogP contribution in [0.1, 0.15) is 37.9 Å². The second-order valence-electron chi connectivity index (χ2n) is 8.02. The second-order valence-corrected chi connectivity index (χ2v) is 9.03. The lowest BCUT2D eigenvalue weighted by molar-refractivity contribution is -0.145. The molecule has 0 spiro atoms. The van der Waals surface area contributed by atoms with Crippen molar-refractivity contribution in [3.63, 3.8) is 0 Å². The van der Waals surface area contributed by atoms with E-state index in [1.54, 1.807) is 63.2 Å². The van der Waals surface area contributed by atoms with Crippen LogP contribution in [-0.2, 0) is 19.1 Å². The molecule has 8 nitrogen and oxygen atoms in total. The molecule has 2 heterocycles. The zero-order chi connectivity index (χ0) is 26.5. The summed E-state index contributed by atoms with van der Waals surface area (Å²) in [6.07, 6.45) is 1.71. The van der Waals surface area contributed by atoms with E-state index in [0.29, 0.717) is 26.3 Å². The first kappa shape index (κ1) is 26.0. The molecule has 192 valence electrons. The third-order valence-corrected chi connectivity index (χ3v) is 6.53. The topological polar surface area (TPSA) is 96.2 Å². The van der Waals surface area contributed by atoms with Crippen molar-refractivity contribution in [1.29, 1.82) is 0 Å². The Morgan fingerprint density at radius 3 is 2.38 bits per heavy atom. The van der Waals surface area contributed by atoms with Crippen molar-refractivity contribution in [2.24, 2.45) is 4.99 Å². The Bertz CT molecular complexity index is 1520. The van der Waals surface area contributed by atoms with Gasteiger partial charge in [0, 0.05) is 0 Å². The number of hydrogen-bond donors (Lipinski definition) is 0. The minimum Gasteiger partial charge on any atom is -0.482 e. The summed E-state index contributed by atoms with van der Waals surface area (Å²) in [7, 11) is 0. The number of hydrogen-bond acceptors (Lipinski definition) is 8. The van der Waals surface area contributed by atoms with Crippen LogP contribution < -0.4 is 19.6 Å². The molecule has 0 radical (unpaired) electrons. The molecule has 1 aliphatic rings. The summed E-state index contributed by atoms with van der Waals surface area (Å²) in [6.45, 7) is 5.35. The fourth-order valence-electron chi connectivity index (χ4n) is 3.91. The molecular weight excluding hydrogens is 499 g/mol. The highest BCUT2D eigenvalue weighted by molar-refractivity contribution is 7.07. The van der Waals surface area contributed by atoms with Crippen LogP contribution in [0.25, 0.3) is 6.08 Å². The van der Waals surface area contributed by atoms with E-state index in [1.807, 2.05) is 0 Å². The highest BCUT2D eigenvalue weighted by Crippen LogP contribution is 2.30. The maximum atomic E-state index is 13.7. The Morgan fingerprint density at radius 2 is 1.73 bits per heavy atom. The van der Waals surface area contributed by atoms with Crippen LogP contribution >= 0.6 is 11.3 Å². The largest absolute Gasteiger partial charge is 0.482 e. The number of aromatic nitrogens is 1. The minimum absolute atomic E-state index is 0.162. The molecule has 1 atom stereocenters. The molecule has 4 rings (SSSR count). The highest BCUT2D eigenvalue weighted by Gasteiger charge is 2.33. The maximum absolute atomic E-state index is 13.7. The van der Waals surface area contributed by atoms with Crippen LogP contribution in [0, 0.1) is 5.82 Å². The van der Waals surface area contributed by atoms with Gasteiger partial charge in [0.2, 0.25) is 0 Å². The molecule has 0 amide bonds. The Balaban J connectivity index is 1.73. The van der Waals surface area contributed by atoms with Gasteiger partial charge in [-0.2, -0.15) is 0 Å². The summed E-state index contributed by atoms with van der Waals surface area (Å²) in [5.41, 5.74) is 1.62. The van der Waals surface area contributed by atoms with Gasteiger partial charge in [-0.05, 0) is 62.2 Å². The Labute approximate surface area is 215 Å². The van der Waals surface area contributed by atoms with E-state index in [9.17, 15) is 18.8 Å². The lowest BCUT2D eigenvalue weighted by Crippen LogP contribution is -2.39. The standard InChI is InChI=1S/C27H25FN2O6S/c1-4-34-22(31)15-36-20-12-6-17(7-13-20)14-21-25(32)30-24(18-8-10-19(28)11-9-18)23(26(33)35-5-2)16(3)29-27(30)37-21/h6-14,24H,4-5,15H2,1-3H3/b21-14-/t24-/m1/s1. The van der Waals surface area contributed by atoms with E-state index < -0.39 is 23.8 Å². The van der Waals surface area contributed by atoms with E-state index in [1.165, 1.54) is 28.0 Å². The van der Waals surface area contributed by atoms with E-state index >= 15 is 0 Å². The molecule has 0 aliphatic carbocycles. The molecule has 0 N–H and O–H groups in total. The zero-order valence-electron chi connectivity index (χ0n) is 20.5. The number of fused-ring (bicyclic) bond motifs is 1. The number of halogens is 1. The van der Waals surface area contributed by atoms with Crippen LogP contribution in [0.3, 0.4) is 0 Å². The number of carbonyl (C=O) groups excluding carboxylic acids is 2. The van der Waals surface area contributed by atoms with Gasteiger partial charge in [-0.15, -0.1) is 0 Å². The monoisotopic (exact) mass is 524 g/mol. The smallest absolute Gasteiger partial charge is 0.344 e. The number of allylic oxidation sites excluding steroid dienone is 1. The number of rotatable bonds is 8. The maximum Gasteiger partial charge on any atom is 0.344 e. The first-order valence-corrected chi connectivity index (χ1v) is 12.5. The van der Waals surface area contributed by atoms with Crippen molar-refractivity contribution >= 4 is 29.4 Å². The summed E-state index contributed by atoms with van der Waals surface area (Å²) in [5.74, 6) is -0.978. The first-order chi connectivity index (χ1) is 17.8. The molecule has 1 aliphatic heterocycles. The summed E-state index contributed by atoms with van der Waals surface area (Å²) in [6, 6.07) is 11.7. The van der Waals surface area contributed by atoms with E-state index in [-0.39, 0.29) is 31.0 Å². The minimum atomic E-state index is -0.809. The molecule has 0 bridgehead atoms. The van der Waals surface area contributed by atoms with Crippen LogP contribution in [0.15, 0.2) is 69.6 Å². The zero-order valence-corrected chi connectivity index (χ0v) is 21.3. The third-order valence-electron chi connectivity index (χ3n) is 5.54. The van der Waals surface area contributed by atoms with E-state index in [2.05, 4.69) is 4.99 Å². The van der Waals surface area contributed by atoms with E-state index in [4.69, 9.17) is 14.2 Å². The molecule has 10 heteroatoms. The molecule has 0 unspecified atom stereocenters.